The third kappa shape index (κ3) is 3.02. The third-order valence-corrected chi connectivity index (χ3v) is 5.92. The third-order valence-electron chi connectivity index (χ3n) is 3.87. The Kier molecular flexibility index (Phi) is 3.95. The maximum absolute atomic E-state index is 4.46. The molecule has 1 heterocycles. The molecule has 0 aliphatic heterocycles. The van der Waals surface area contributed by atoms with E-state index >= 15 is 0 Å². The quantitative estimate of drug-likeness (QED) is 0.623. The van der Waals surface area contributed by atoms with Crippen molar-refractivity contribution in [3.8, 4) is 22.4 Å². The van der Waals surface area contributed by atoms with Crippen LogP contribution in [0, 0.1) is 0 Å². The zero-order valence-corrected chi connectivity index (χ0v) is 14.4. The van der Waals surface area contributed by atoms with Crippen LogP contribution in [0.25, 0.3) is 22.4 Å². The van der Waals surface area contributed by atoms with Crippen LogP contribution in [-0.2, 0) is 0 Å². The van der Waals surface area contributed by atoms with Crippen LogP contribution in [0.15, 0.2) is 72.9 Å². The molecule has 110 valence electrons. The van der Waals surface area contributed by atoms with Crippen molar-refractivity contribution in [2.75, 3.05) is 0 Å². The monoisotopic (exact) mass is 303 g/mol. The van der Waals surface area contributed by atoms with Crippen molar-refractivity contribution >= 4 is 13.3 Å². The fourth-order valence-corrected chi connectivity index (χ4v) is 4.40. The zero-order valence-electron chi connectivity index (χ0n) is 13.4. The van der Waals surface area contributed by atoms with Gasteiger partial charge in [0.2, 0.25) is 0 Å². The minimum Gasteiger partial charge on any atom is -0.256 e. The number of hydrogen-bond acceptors (Lipinski definition) is 1. The second kappa shape index (κ2) is 5.89. The van der Waals surface area contributed by atoms with E-state index in [2.05, 4.69) is 79.2 Å². The van der Waals surface area contributed by atoms with Crippen molar-refractivity contribution in [3.63, 3.8) is 0 Å². The molecule has 3 rings (SSSR count). The number of pyridine rings is 1. The predicted octanol–water partition coefficient (Wildman–Crippen LogP) is 4.96. The SMILES string of the molecule is C[Si](C)(C)c1ccccc1-c1cccc(-c2ccccn2)c1. The Morgan fingerprint density at radius 3 is 2.18 bits per heavy atom. The van der Waals surface area contributed by atoms with Gasteiger partial charge in [0.05, 0.1) is 13.8 Å². The van der Waals surface area contributed by atoms with Gasteiger partial charge in [0.25, 0.3) is 0 Å². The van der Waals surface area contributed by atoms with Gasteiger partial charge >= 0.3 is 0 Å². The molecule has 0 unspecified atom stereocenters. The van der Waals surface area contributed by atoms with Crippen LogP contribution in [0.3, 0.4) is 0 Å². The first-order valence-electron chi connectivity index (χ1n) is 7.67. The van der Waals surface area contributed by atoms with Crippen LogP contribution in [-0.4, -0.2) is 13.1 Å². The highest BCUT2D eigenvalue weighted by atomic mass is 28.3. The van der Waals surface area contributed by atoms with Gasteiger partial charge < -0.3 is 0 Å². The van der Waals surface area contributed by atoms with Gasteiger partial charge in [-0.1, -0.05) is 73.4 Å². The van der Waals surface area contributed by atoms with Gasteiger partial charge in [-0.2, -0.15) is 0 Å². The van der Waals surface area contributed by atoms with Crippen molar-refractivity contribution in [1.29, 1.82) is 0 Å². The largest absolute Gasteiger partial charge is 0.256 e. The Morgan fingerprint density at radius 1 is 0.727 bits per heavy atom. The van der Waals surface area contributed by atoms with Crippen molar-refractivity contribution < 1.29 is 0 Å². The van der Waals surface area contributed by atoms with Crippen molar-refractivity contribution in [1.82, 2.24) is 4.98 Å². The maximum atomic E-state index is 4.46. The molecule has 0 saturated carbocycles. The zero-order chi connectivity index (χ0) is 15.6. The van der Waals surface area contributed by atoms with Crippen molar-refractivity contribution in [2.24, 2.45) is 0 Å². The first-order valence-corrected chi connectivity index (χ1v) is 11.2. The second-order valence-electron chi connectivity index (χ2n) is 6.59. The summed E-state index contributed by atoms with van der Waals surface area (Å²) in [4.78, 5) is 4.46. The lowest BCUT2D eigenvalue weighted by Crippen LogP contribution is -2.38. The Balaban J connectivity index is 2.11. The summed E-state index contributed by atoms with van der Waals surface area (Å²) in [6, 6.07) is 23.6. The first-order chi connectivity index (χ1) is 10.6. The topological polar surface area (TPSA) is 12.9 Å². The summed E-state index contributed by atoms with van der Waals surface area (Å²) < 4.78 is 0. The van der Waals surface area contributed by atoms with E-state index < -0.39 is 8.07 Å². The molecule has 2 heteroatoms. The van der Waals surface area contributed by atoms with Crippen LogP contribution in [0.1, 0.15) is 0 Å². The first kappa shape index (κ1) is 14.7. The Bertz CT molecular complexity index is 773. The lowest BCUT2D eigenvalue weighted by atomic mass is 10.0. The molecule has 22 heavy (non-hydrogen) atoms. The average molecular weight is 303 g/mol. The van der Waals surface area contributed by atoms with Crippen molar-refractivity contribution in [3.05, 3.63) is 72.9 Å². The number of benzene rings is 2. The predicted molar refractivity (Wildman–Crippen MR) is 98.1 cm³/mol. The van der Waals surface area contributed by atoms with E-state index in [9.17, 15) is 0 Å². The maximum Gasteiger partial charge on any atom is 0.0784 e. The molecule has 1 nitrogen and oxygen atoms in total. The van der Waals surface area contributed by atoms with Gasteiger partial charge in [-0.05, 0) is 29.3 Å². The van der Waals surface area contributed by atoms with Crippen molar-refractivity contribution in [2.45, 2.75) is 19.6 Å². The number of rotatable bonds is 3. The summed E-state index contributed by atoms with van der Waals surface area (Å²) in [6.45, 7) is 7.19. The van der Waals surface area contributed by atoms with Gasteiger partial charge in [-0.25, -0.2) is 0 Å². The van der Waals surface area contributed by atoms with E-state index in [0.29, 0.717) is 0 Å². The Hall–Kier alpha value is -2.19. The average Bonchev–Trinajstić information content (AvgIpc) is 2.55. The molecule has 0 radical (unpaired) electrons. The van der Waals surface area contributed by atoms with Crippen LogP contribution in [0.4, 0.5) is 0 Å². The fourth-order valence-electron chi connectivity index (χ4n) is 2.77. The minimum atomic E-state index is -1.37. The molecular formula is C20H21NSi. The van der Waals surface area contributed by atoms with Crippen LogP contribution in [0.5, 0.6) is 0 Å². The molecule has 0 aliphatic carbocycles. The molecule has 0 amide bonds. The van der Waals surface area contributed by atoms with Crippen LogP contribution >= 0.6 is 0 Å². The summed E-state index contributed by atoms with van der Waals surface area (Å²) in [5.41, 5.74) is 4.83. The van der Waals surface area contributed by atoms with E-state index in [4.69, 9.17) is 0 Å². The highest BCUT2D eigenvalue weighted by Gasteiger charge is 2.20. The molecule has 2 aromatic carbocycles. The van der Waals surface area contributed by atoms with E-state index in [0.717, 1.165) is 5.69 Å². The molecule has 0 spiro atoms. The molecule has 0 aliphatic rings. The number of nitrogens with zero attached hydrogens (tertiary/aromatic N) is 1. The van der Waals surface area contributed by atoms with E-state index in [-0.39, 0.29) is 0 Å². The normalized spacial score (nSPS) is 11.4. The lowest BCUT2D eigenvalue weighted by molar-refractivity contribution is 1.33. The standard InChI is InChI=1S/C20H21NSi/c1-22(2,3)20-13-5-4-11-18(20)16-9-8-10-17(15-16)19-12-6-7-14-21-19/h4-15H,1-3H3. The summed E-state index contributed by atoms with van der Waals surface area (Å²) in [5.74, 6) is 0. The smallest absolute Gasteiger partial charge is 0.0784 e. The highest BCUT2D eigenvalue weighted by Crippen LogP contribution is 2.25. The lowest BCUT2D eigenvalue weighted by Gasteiger charge is -2.21. The number of hydrogen-bond donors (Lipinski definition) is 0. The summed E-state index contributed by atoms with van der Waals surface area (Å²) in [6.07, 6.45) is 1.85. The van der Waals surface area contributed by atoms with Gasteiger partial charge in [0.1, 0.15) is 0 Å². The molecule has 0 saturated heterocycles. The Labute approximate surface area is 133 Å². The van der Waals surface area contributed by atoms with E-state index in [1.165, 1.54) is 21.9 Å². The summed E-state index contributed by atoms with van der Waals surface area (Å²) in [5, 5.41) is 1.51. The second-order valence-corrected chi connectivity index (χ2v) is 11.6. The fraction of sp³-hybridized carbons (Fsp3) is 0.150. The van der Waals surface area contributed by atoms with Gasteiger partial charge in [-0.15, -0.1) is 0 Å². The molecule has 1 aromatic heterocycles. The van der Waals surface area contributed by atoms with Gasteiger partial charge in [0, 0.05) is 11.8 Å². The molecule has 0 atom stereocenters. The molecular weight excluding hydrogens is 282 g/mol. The van der Waals surface area contributed by atoms with Gasteiger partial charge in [0.15, 0.2) is 0 Å². The van der Waals surface area contributed by atoms with Gasteiger partial charge in [-0.3, -0.25) is 4.98 Å². The Morgan fingerprint density at radius 2 is 1.45 bits per heavy atom. The highest BCUT2D eigenvalue weighted by molar-refractivity contribution is 6.89. The van der Waals surface area contributed by atoms with E-state index in [1.807, 2.05) is 18.3 Å². The molecule has 3 aromatic rings. The molecule has 0 fully saturated rings. The van der Waals surface area contributed by atoms with Crippen LogP contribution < -0.4 is 5.19 Å². The summed E-state index contributed by atoms with van der Waals surface area (Å²) >= 11 is 0. The molecule has 0 N–H and O–H groups in total. The minimum absolute atomic E-state index is 1.02. The van der Waals surface area contributed by atoms with Crippen LogP contribution in [0.2, 0.25) is 19.6 Å². The number of aromatic nitrogens is 1. The van der Waals surface area contributed by atoms with E-state index in [1.54, 1.807) is 0 Å². The molecule has 0 bridgehead atoms. The summed E-state index contributed by atoms with van der Waals surface area (Å²) in [7, 11) is -1.37.